The first-order valence-electron chi connectivity index (χ1n) is 15.2. The number of ether oxygens (including phenoxy) is 2. The molecule has 0 spiro atoms. The fourth-order valence-electron chi connectivity index (χ4n) is 6.43. The summed E-state index contributed by atoms with van der Waals surface area (Å²) in [6.45, 7) is 14.0. The molecule has 0 aromatic carbocycles. The molecule has 1 aliphatic carbocycles. The summed E-state index contributed by atoms with van der Waals surface area (Å²) in [5.41, 5.74) is -0.458. The fourth-order valence-corrected chi connectivity index (χ4v) is 6.43. The summed E-state index contributed by atoms with van der Waals surface area (Å²) in [7, 11) is 0. The number of aliphatic imine (C=N–C) groups is 4. The Morgan fingerprint density at radius 3 is 2.62 bits per heavy atom. The van der Waals surface area contributed by atoms with Gasteiger partial charge in [0, 0.05) is 57.4 Å². The van der Waals surface area contributed by atoms with Crippen LogP contribution in [0.15, 0.2) is 20.0 Å². The first-order valence-corrected chi connectivity index (χ1v) is 15.2. The van der Waals surface area contributed by atoms with Crippen LogP contribution < -0.4 is 10.6 Å². The molecule has 6 unspecified atom stereocenters. The number of guanidine groups is 1. The maximum Gasteiger partial charge on any atom is 0.410 e. The standard InChI is InChI=1S/C29H48N8O3/c1-19(2)39-26-16-23(31-18-32-26)21-6-7-22-24(15-21)34-27(33-22)35-25-14-20(8-9-30-25)17-36-10-12-37(13-11-36)28(38)40-29(3,4)5/h9,18-25H,6-8,10-17H2,1-5H3,(H2,33,34,35). The third-order valence-corrected chi connectivity index (χ3v) is 8.37. The number of carbonyl (C=O) groups excluding carboxylic acids is 1. The van der Waals surface area contributed by atoms with E-state index in [2.05, 4.69) is 26.7 Å². The van der Waals surface area contributed by atoms with Gasteiger partial charge in [0.2, 0.25) is 0 Å². The number of nitrogens with one attached hydrogen (secondary N) is 2. The number of carbonyl (C=O) groups is 1. The van der Waals surface area contributed by atoms with Crippen molar-refractivity contribution >= 4 is 30.5 Å². The summed E-state index contributed by atoms with van der Waals surface area (Å²) in [6, 6.07) is 1.02. The zero-order chi connectivity index (χ0) is 28.3. The van der Waals surface area contributed by atoms with E-state index in [-0.39, 0.29) is 24.4 Å². The largest absolute Gasteiger partial charge is 0.478 e. The minimum absolute atomic E-state index is 0.0531. The lowest BCUT2D eigenvalue weighted by Crippen LogP contribution is -2.51. The van der Waals surface area contributed by atoms with Gasteiger partial charge in [-0.2, -0.15) is 0 Å². The van der Waals surface area contributed by atoms with Gasteiger partial charge in [-0.05, 0) is 78.6 Å². The minimum atomic E-state index is -0.458. The Hall–Kier alpha value is -2.69. The van der Waals surface area contributed by atoms with Gasteiger partial charge in [-0.3, -0.25) is 14.9 Å². The van der Waals surface area contributed by atoms with Gasteiger partial charge in [-0.1, -0.05) is 0 Å². The molecule has 11 heteroatoms. The van der Waals surface area contributed by atoms with Gasteiger partial charge in [-0.25, -0.2) is 14.8 Å². The molecule has 11 nitrogen and oxygen atoms in total. The van der Waals surface area contributed by atoms with Crippen LogP contribution in [0.25, 0.3) is 0 Å². The molecule has 6 atom stereocenters. The third kappa shape index (κ3) is 7.73. The average molecular weight is 557 g/mol. The van der Waals surface area contributed by atoms with Crippen molar-refractivity contribution in [3.63, 3.8) is 0 Å². The molecule has 0 bridgehead atoms. The van der Waals surface area contributed by atoms with E-state index in [0.717, 1.165) is 70.0 Å². The summed E-state index contributed by atoms with van der Waals surface area (Å²) < 4.78 is 11.4. The molecule has 40 heavy (non-hydrogen) atoms. The molecule has 0 aromatic rings. The molecule has 4 heterocycles. The highest BCUT2D eigenvalue weighted by molar-refractivity contribution is 5.86. The number of nitrogens with zero attached hydrogens (tertiary/aromatic N) is 6. The lowest BCUT2D eigenvalue weighted by molar-refractivity contribution is 0.0132. The molecule has 222 valence electrons. The highest BCUT2D eigenvalue weighted by Crippen LogP contribution is 2.33. The molecule has 4 aliphatic heterocycles. The minimum Gasteiger partial charge on any atom is -0.478 e. The number of hydrogen-bond acceptors (Lipinski definition) is 8. The van der Waals surface area contributed by atoms with Crippen LogP contribution in [0.3, 0.4) is 0 Å². The van der Waals surface area contributed by atoms with Gasteiger partial charge in [0.05, 0.1) is 12.1 Å². The van der Waals surface area contributed by atoms with Gasteiger partial charge >= 0.3 is 6.09 Å². The number of piperazine rings is 1. The smallest absolute Gasteiger partial charge is 0.410 e. The van der Waals surface area contributed by atoms with Crippen LogP contribution >= 0.6 is 0 Å². The molecule has 5 rings (SSSR count). The summed E-state index contributed by atoms with van der Waals surface area (Å²) in [5.74, 6) is 2.73. The zero-order valence-electron chi connectivity index (χ0n) is 24.9. The van der Waals surface area contributed by atoms with Crippen LogP contribution in [0, 0.1) is 11.8 Å². The number of fused-ring (bicyclic) bond motifs is 1. The van der Waals surface area contributed by atoms with Gasteiger partial charge in [0.1, 0.15) is 18.1 Å². The van der Waals surface area contributed by atoms with Gasteiger partial charge in [0.15, 0.2) is 11.9 Å². The molecule has 2 saturated heterocycles. The monoisotopic (exact) mass is 556 g/mol. The maximum atomic E-state index is 12.4. The predicted octanol–water partition coefficient (Wildman–Crippen LogP) is 3.06. The molecule has 3 fully saturated rings. The Bertz CT molecular complexity index is 1010. The summed E-state index contributed by atoms with van der Waals surface area (Å²) in [6.07, 6.45) is 9.65. The van der Waals surface area contributed by atoms with Crippen LogP contribution in [0.1, 0.15) is 73.1 Å². The van der Waals surface area contributed by atoms with Crippen LogP contribution in [-0.4, -0.2) is 109 Å². The molecule has 0 radical (unpaired) electrons. The van der Waals surface area contributed by atoms with Crippen molar-refractivity contribution < 1.29 is 14.3 Å². The van der Waals surface area contributed by atoms with E-state index in [1.807, 2.05) is 39.5 Å². The predicted molar refractivity (Wildman–Crippen MR) is 158 cm³/mol. The van der Waals surface area contributed by atoms with E-state index in [0.29, 0.717) is 37.0 Å². The van der Waals surface area contributed by atoms with Crippen LogP contribution in [-0.2, 0) is 9.47 Å². The molecular formula is C29H48N8O3. The van der Waals surface area contributed by atoms with E-state index >= 15 is 0 Å². The second-order valence-corrected chi connectivity index (χ2v) is 13.2. The van der Waals surface area contributed by atoms with E-state index < -0.39 is 5.60 Å². The van der Waals surface area contributed by atoms with Crippen molar-refractivity contribution in [2.45, 2.75) is 109 Å². The Morgan fingerprint density at radius 1 is 1.10 bits per heavy atom. The highest BCUT2D eigenvalue weighted by atomic mass is 16.6. The topological polar surface area (TPSA) is 116 Å². The van der Waals surface area contributed by atoms with Gasteiger partial charge in [-0.15, -0.1) is 0 Å². The molecule has 0 aromatic heterocycles. The Morgan fingerprint density at radius 2 is 1.88 bits per heavy atom. The van der Waals surface area contributed by atoms with Crippen molar-refractivity contribution in [1.82, 2.24) is 20.4 Å². The highest BCUT2D eigenvalue weighted by Gasteiger charge is 2.40. The molecular weight excluding hydrogens is 508 g/mol. The summed E-state index contributed by atoms with van der Waals surface area (Å²) >= 11 is 0. The summed E-state index contributed by atoms with van der Waals surface area (Å²) in [4.78, 5) is 35.4. The SMILES string of the molecule is CC(C)OC1=NC=NC(C2CCC3NC(=NC4CC(CN5CCN(C(=O)OC(C)(C)C)CC5)CC=N4)NC3C2)C1. The zero-order valence-corrected chi connectivity index (χ0v) is 24.9. The second kappa shape index (κ2) is 12.4. The van der Waals surface area contributed by atoms with Gasteiger partial charge in [0.25, 0.3) is 0 Å². The van der Waals surface area contributed by atoms with Crippen LogP contribution in [0.4, 0.5) is 4.79 Å². The molecule has 1 saturated carbocycles. The quantitative estimate of drug-likeness (QED) is 0.538. The molecule has 5 aliphatic rings. The van der Waals surface area contributed by atoms with Crippen molar-refractivity contribution in [3.8, 4) is 0 Å². The number of rotatable bonds is 5. The van der Waals surface area contributed by atoms with Crippen LogP contribution in [0.2, 0.25) is 0 Å². The van der Waals surface area contributed by atoms with E-state index in [4.69, 9.17) is 24.5 Å². The fraction of sp³-hybridized carbons (Fsp3) is 0.828. The van der Waals surface area contributed by atoms with E-state index in [1.54, 1.807) is 6.34 Å². The van der Waals surface area contributed by atoms with Crippen LogP contribution in [0.5, 0.6) is 0 Å². The van der Waals surface area contributed by atoms with Crippen molar-refractivity contribution in [1.29, 1.82) is 0 Å². The number of hydrogen-bond donors (Lipinski definition) is 2. The maximum absolute atomic E-state index is 12.4. The van der Waals surface area contributed by atoms with Crippen molar-refractivity contribution in [3.05, 3.63) is 0 Å². The first-order chi connectivity index (χ1) is 19.1. The van der Waals surface area contributed by atoms with E-state index in [1.165, 1.54) is 0 Å². The Labute approximate surface area is 239 Å². The van der Waals surface area contributed by atoms with Gasteiger partial charge < -0.3 is 25.0 Å². The Balaban J connectivity index is 1.07. The summed E-state index contributed by atoms with van der Waals surface area (Å²) in [5, 5.41) is 7.32. The molecule has 1 amide bonds. The second-order valence-electron chi connectivity index (χ2n) is 13.2. The lowest BCUT2D eigenvalue weighted by Gasteiger charge is -2.37. The number of amides is 1. The van der Waals surface area contributed by atoms with Crippen molar-refractivity contribution in [2.24, 2.45) is 31.8 Å². The van der Waals surface area contributed by atoms with Crippen molar-refractivity contribution in [2.75, 3.05) is 32.7 Å². The Kier molecular flexibility index (Phi) is 8.97. The lowest BCUT2D eigenvalue weighted by atomic mass is 9.78. The normalized spacial score (nSPS) is 33.8. The first kappa shape index (κ1) is 28.8. The molecule has 2 N–H and O–H groups in total. The third-order valence-electron chi connectivity index (χ3n) is 8.37. The van der Waals surface area contributed by atoms with E-state index in [9.17, 15) is 4.79 Å². The average Bonchev–Trinajstić information content (AvgIpc) is 3.29.